The maximum atomic E-state index is 12.7. The Hall–Kier alpha value is -2.54. The molecule has 4 rings (SSSR count). The molecular weight excluding hydrogens is 441 g/mol. The summed E-state index contributed by atoms with van der Waals surface area (Å²) < 4.78 is 0. The third kappa shape index (κ3) is 4.31. The number of carbonyl (C=O) groups excluding carboxylic acids is 2. The second kappa shape index (κ2) is 8.68. The number of hydrogen-bond acceptors (Lipinski definition) is 4. The summed E-state index contributed by atoms with van der Waals surface area (Å²) in [5.74, 6) is -0.476. The van der Waals surface area contributed by atoms with Crippen molar-refractivity contribution in [3.05, 3.63) is 70.7 Å². The zero-order valence-electron chi connectivity index (χ0n) is 15.9. The number of benzene rings is 3. The van der Waals surface area contributed by atoms with Gasteiger partial charge in [-0.05, 0) is 29.7 Å². The Morgan fingerprint density at radius 2 is 1.90 bits per heavy atom. The van der Waals surface area contributed by atoms with E-state index in [2.05, 4.69) is 5.32 Å². The van der Waals surface area contributed by atoms with Crippen molar-refractivity contribution in [2.75, 3.05) is 12.4 Å². The predicted octanol–water partition coefficient (Wildman–Crippen LogP) is 5.74. The maximum absolute atomic E-state index is 12.7. The van der Waals surface area contributed by atoms with Crippen LogP contribution in [0.5, 0.6) is 0 Å². The van der Waals surface area contributed by atoms with Crippen LogP contribution in [0, 0.1) is 0 Å². The van der Waals surface area contributed by atoms with Gasteiger partial charge in [-0.15, -0.1) is 0 Å². The summed E-state index contributed by atoms with van der Waals surface area (Å²) in [5, 5.41) is 5.66. The molecule has 0 saturated carbocycles. The molecule has 3 aromatic rings. The van der Waals surface area contributed by atoms with Crippen molar-refractivity contribution in [2.45, 2.75) is 11.7 Å². The molecule has 0 aliphatic carbocycles. The third-order valence-electron chi connectivity index (χ3n) is 4.70. The molecule has 2 amide bonds. The Labute approximate surface area is 188 Å². The smallest absolute Gasteiger partial charge is 0.242 e. The monoisotopic (exact) mass is 457 g/mol. The third-order valence-corrected chi connectivity index (χ3v) is 6.49. The zero-order chi connectivity index (χ0) is 21.3. The quantitative estimate of drug-likeness (QED) is 0.543. The van der Waals surface area contributed by atoms with Crippen LogP contribution in [-0.4, -0.2) is 34.2 Å². The van der Waals surface area contributed by atoms with Gasteiger partial charge in [0, 0.05) is 23.9 Å². The van der Waals surface area contributed by atoms with E-state index in [1.807, 2.05) is 42.5 Å². The minimum Gasteiger partial charge on any atom is -0.325 e. The SMILES string of the molecule is CN1C(=O)C(CC(=O)Nc2cc(Cl)ccc2Cl)SC1=Nc1cccc2ccccc12. The van der Waals surface area contributed by atoms with Gasteiger partial charge in [0.2, 0.25) is 11.8 Å². The van der Waals surface area contributed by atoms with E-state index in [4.69, 9.17) is 28.2 Å². The molecule has 1 fully saturated rings. The number of hydrogen-bond donors (Lipinski definition) is 1. The van der Waals surface area contributed by atoms with Crippen molar-refractivity contribution in [2.24, 2.45) is 4.99 Å². The normalized spacial score (nSPS) is 17.7. The van der Waals surface area contributed by atoms with Gasteiger partial charge in [0.25, 0.3) is 0 Å². The fraction of sp³-hybridized carbons (Fsp3) is 0.136. The first-order valence-electron chi connectivity index (χ1n) is 9.18. The summed E-state index contributed by atoms with van der Waals surface area (Å²) in [6.45, 7) is 0. The first kappa shape index (κ1) is 20.7. The highest BCUT2D eigenvalue weighted by Gasteiger charge is 2.37. The Morgan fingerprint density at radius 1 is 1.13 bits per heavy atom. The van der Waals surface area contributed by atoms with Crippen molar-refractivity contribution >= 4 is 74.1 Å². The van der Waals surface area contributed by atoms with E-state index in [-0.39, 0.29) is 18.2 Å². The van der Waals surface area contributed by atoms with Crippen LogP contribution in [0.3, 0.4) is 0 Å². The fourth-order valence-corrected chi connectivity index (χ4v) is 4.65. The van der Waals surface area contributed by atoms with E-state index in [1.54, 1.807) is 25.2 Å². The molecule has 1 aliphatic heterocycles. The molecule has 0 aromatic heterocycles. The molecule has 1 N–H and O–H groups in total. The van der Waals surface area contributed by atoms with Crippen LogP contribution >= 0.6 is 35.0 Å². The molecular formula is C22H17Cl2N3O2S. The van der Waals surface area contributed by atoms with Crippen molar-refractivity contribution in [3.8, 4) is 0 Å². The number of carbonyl (C=O) groups is 2. The number of amides is 2. The number of anilines is 1. The largest absolute Gasteiger partial charge is 0.325 e. The highest BCUT2D eigenvalue weighted by molar-refractivity contribution is 8.15. The predicted molar refractivity (Wildman–Crippen MR) is 125 cm³/mol. The Morgan fingerprint density at radius 3 is 2.73 bits per heavy atom. The molecule has 1 heterocycles. The molecule has 8 heteroatoms. The summed E-state index contributed by atoms with van der Waals surface area (Å²) >= 11 is 13.3. The van der Waals surface area contributed by atoms with Crippen molar-refractivity contribution in [1.82, 2.24) is 4.90 Å². The summed E-state index contributed by atoms with van der Waals surface area (Å²) in [4.78, 5) is 31.4. The van der Waals surface area contributed by atoms with E-state index >= 15 is 0 Å². The second-order valence-electron chi connectivity index (χ2n) is 6.77. The van der Waals surface area contributed by atoms with Crippen molar-refractivity contribution in [1.29, 1.82) is 0 Å². The van der Waals surface area contributed by atoms with Gasteiger partial charge < -0.3 is 5.32 Å². The lowest BCUT2D eigenvalue weighted by atomic mass is 10.1. The van der Waals surface area contributed by atoms with E-state index in [0.717, 1.165) is 16.5 Å². The average Bonchev–Trinajstić information content (AvgIpc) is 2.99. The zero-order valence-corrected chi connectivity index (χ0v) is 18.3. The first-order chi connectivity index (χ1) is 14.4. The molecule has 0 radical (unpaired) electrons. The molecule has 0 spiro atoms. The maximum Gasteiger partial charge on any atom is 0.242 e. The summed E-state index contributed by atoms with van der Waals surface area (Å²) in [7, 11) is 1.67. The minimum atomic E-state index is -0.554. The number of fused-ring (bicyclic) bond motifs is 1. The van der Waals surface area contributed by atoms with Gasteiger partial charge in [0.1, 0.15) is 5.25 Å². The number of aliphatic imine (C=N–C) groups is 1. The number of amidine groups is 1. The molecule has 5 nitrogen and oxygen atoms in total. The van der Waals surface area contributed by atoms with Gasteiger partial charge in [-0.25, -0.2) is 4.99 Å². The number of thioether (sulfide) groups is 1. The van der Waals surface area contributed by atoms with E-state index in [9.17, 15) is 9.59 Å². The highest BCUT2D eigenvalue weighted by Crippen LogP contribution is 2.33. The van der Waals surface area contributed by atoms with Gasteiger partial charge in [-0.3, -0.25) is 14.5 Å². The molecule has 30 heavy (non-hydrogen) atoms. The van der Waals surface area contributed by atoms with Gasteiger partial charge in [-0.2, -0.15) is 0 Å². The van der Waals surface area contributed by atoms with Crippen LogP contribution in [0.15, 0.2) is 65.7 Å². The van der Waals surface area contributed by atoms with Crippen LogP contribution < -0.4 is 5.32 Å². The summed E-state index contributed by atoms with van der Waals surface area (Å²) in [5.41, 5.74) is 1.20. The highest BCUT2D eigenvalue weighted by atomic mass is 35.5. The molecule has 152 valence electrons. The second-order valence-corrected chi connectivity index (χ2v) is 8.79. The van der Waals surface area contributed by atoms with Gasteiger partial charge >= 0.3 is 0 Å². The molecule has 1 unspecified atom stereocenters. The summed E-state index contributed by atoms with van der Waals surface area (Å²) in [6, 6.07) is 18.6. The van der Waals surface area contributed by atoms with Gasteiger partial charge in [0.05, 0.1) is 16.4 Å². The van der Waals surface area contributed by atoms with Crippen LogP contribution in [0.25, 0.3) is 10.8 Å². The van der Waals surface area contributed by atoms with Crippen LogP contribution in [-0.2, 0) is 9.59 Å². The number of nitrogens with one attached hydrogen (secondary N) is 1. The lowest BCUT2D eigenvalue weighted by molar-refractivity contribution is -0.127. The number of nitrogens with zero attached hydrogens (tertiary/aromatic N) is 2. The average molecular weight is 458 g/mol. The topological polar surface area (TPSA) is 61.8 Å². The van der Waals surface area contributed by atoms with E-state index in [1.165, 1.54) is 16.7 Å². The number of rotatable bonds is 4. The van der Waals surface area contributed by atoms with E-state index in [0.29, 0.717) is 20.9 Å². The molecule has 1 aliphatic rings. The van der Waals surface area contributed by atoms with Crippen LogP contribution in [0.2, 0.25) is 10.0 Å². The van der Waals surface area contributed by atoms with Crippen LogP contribution in [0.1, 0.15) is 6.42 Å². The Kier molecular flexibility index (Phi) is 5.99. The fourth-order valence-electron chi connectivity index (χ4n) is 3.17. The lowest BCUT2D eigenvalue weighted by Crippen LogP contribution is -2.30. The molecule has 1 saturated heterocycles. The van der Waals surface area contributed by atoms with E-state index < -0.39 is 5.25 Å². The molecule has 1 atom stereocenters. The molecule has 0 bridgehead atoms. The Bertz CT molecular complexity index is 1180. The van der Waals surface area contributed by atoms with Gasteiger partial charge in [0.15, 0.2) is 5.17 Å². The first-order valence-corrected chi connectivity index (χ1v) is 10.8. The Balaban J connectivity index is 1.51. The molecule has 3 aromatic carbocycles. The van der Waals surface area contributed by atoms with Gasteiger partial charge in [-0.1, -0.05) is 71.4 Å². The van der Waals surface area contributed by atoms with Crippen molar-refractivity contribution < 1.29 is 9.59 Å². The minimum absolute atomic E-state index is 0.00520. The summed E-state index contributed by atoms with van der Waals surface area (Å²) in [6.07, 6.45) is 0.00520. The number of halogens is 2. The van der Waals surface area contributed by atoms with Crippen LogP contribution in [0.4, 0.5) is 11.4 Å². The van der Waals surface area contributed by atoms with Crippen molar-refractivity contribution in [3.63, 3.8) is 0 Å². The standard InChI is InChI=1S/C22H17Cl2N3O2S/c1-27-21(29)19(12-20(28)25-18-11-14(23)9-10-16(18)24)30-22(27)26-17-8-4-6-13-5-2-3-7-15(13)17/h2-11,19H,12H2,1H3,(H,25,28). The lowest BCUT2D eigenvalue weighted by Gasteiger charge is -2.10.